The first-order chi connectivity index (χ1) is 14.2. The van der Waals surface area contributed by atoms with Crippen LogP contribution in [0.15, 0.2) is 72.8 Å². The van der Waals surface area contributed by atoms with E-state index in [1.807, 2.05) is 42.5 Å². The quantitative estimate of drug-likeness (QED) is 0.684. The molecule has 0 radical (unpaired) electrons. The summed E-state index contributed by atoms with van der Waals surface area (Å²) in [6.07, 6.45) is 0.159. The Hall–Kier alpha value is -3.18. The third-order valence-corrected chi connectivity index (χ3v) is 5.35. The summed E-state index contributed by atoms with van der Waals surface area (Å²) in [4.78, 5) is 27.1. The van der Waals surface area contributed by atoms with E-state index in [1.165, 1.54) is 10.8 Å². The van der Waals surface area contributed by atoms with Crippen molar-refractivity contribution in [3.05, 3.63) is 83.9 Å². The van der Waals surface area contributed by atoms with Crippen molar-refractivity contribution in [2.75, 3.05) is 13.1 Å². The lowest BCUT2D eigenvalue weighted by Crippen LogP contribution is -2.56. The molecular formula is C24H25N3O2. The molecule has 29 heavy (non-hydrogen) atoms. The van der Waals surface area contributed by atoms with Crippen molar-refractivity contribution >= 4 is 22.6 Å². The van der Waals surface area contributed by atoms with Gasteiger partial charge in [0.25, 0.3) is 0 Å². The molecule has 1 aliphatic heterocycles. The number of piperazine rings is 1. The maximum Gasteiger partial charge on any atom is 0.237 e. The zero-order chi connectivity index (χ0) is 20.1. The van der Waals surface area contributed by atoms with E-state index >= 15 is 0 Å². The standard InChI is InChI=1S/C24H25N3O2/c28-23(26-16-18-6-2-1-3-7-18)15-22-24(29)25-12-13-27(22)17-19-10-11-20-8-4-5-9-21(20)14-19/h1-11,14,22H,12-13,15-17H2,(H,25,29)(H,26,28). The fourth-order valence-electron chi connectivity index (χ4n) is 3.79. The molecule has 1 unspecified atom stereocenters. The molecule has 5 heteroatoms. The van der Waals surface area contributed by atoms with Gasteiger partial charge in [0.15, 0.2) is 0 Å². The molecule has 148 valence electrons. The van der Waals surface area contributed by atoms with Gasteiger partial charge in [-0.1, -0.05) is 66.7 Å². The number of benzene rings is 3. The number of hydrogen-bond donors (Lipinski definition) is 2. The fourth-order valence-corrected chi connectivity index (χ4v) is 3.79. The summed E-state index contributed by atoms with van der Waals surface area (Å²) in [5, 5.41) is 8.21. The Kier molecular flexibility index (Phi) is 5.86. The van der Waals surface area contributed by atoms with Gasteiger partial charge in [-0.2, -0.15) is 0 Å². The average Bonchev–Trinajstić information content (AvgIpc) is 2.75. The Morgan fingerprint density at radius 3 is 2.55 bits per heavy atom. The molecule has 1 aliphatic rings. The Bertz CT molecular complexity index is 1000. The SMILES string of the molecule is O=C(CC1C(=O)NCCN1Cc1ccc2ccccc2c1)NCc1ccccc1. The molecule has 4 rings (SSSR count). The van der Waals surface area contributed by atoms with Crippen molar-refractivity contribution in [3.8, 4) is 0 Å². The van der Waals surface area contributed by atoms with Crippen LogP contribution in [0.3, 0.4) is 0 Å². The van der Waals surface area contributed by atoms with Gasteiger partial charge in [-0.3, -0.25) is 14.5 Å². The van der Waals surface area contributed by atoms with Crippen LogP contribution in [0.4, 0.5) is 0 Å². The van der Waals surface area contributed by atoms with Crippen LogP contribution in [0.5, 0.6) is 0 Å². The zero-order valence-electron chi connectivity index (χ0n) is 16.3. The fraction of sp³-hybridized carbons (Fsp3) is 0.250. The Morgan fingerprint density at radius 2 is 1.72 bits per heavy atom. The largest absolute Gasteiger partial charge is 0.353 e. The number of amides is 2. The number of nitrogens with one attached hydrogen (secondary N) is 2. The van der Waals surface area contributed by atoms with Gasteiger partial charge in [-0.25, -0.2) is 0 Å². The minimum absolute atomic E-state index is 0.0769. The van der Waals surface area contributed by atoms with Gasteiger partial charge in [0.1, 0.15) is 0 Å². The summed E-state index contributed by atoms with van der Waals surface area (Å²) < 4.78 is 0. The third-order valence-electron chi connectivity index (χ3n) is 5.35. The molecule has 0 spiro atoms. The van der Waals surface area contributed by atoms with Crippen molar-refractivity contribution in [1.82, 2.24) is 15.5 Å². The van der Waals surface area contributed by atoms with E-state index in [0.717, 1.165) is 17.7 Å². The number of carbonyl (C=O) groups is 2. The Balaban J connectivity index is 1.42. The lowest BCUT2D eigenvalue weighted by Gasteiger charge is -2.34. The second-order valence-corrected chi connectivity index (χ2v) is 7.43. The molecule has 0 saturated carbocycles. The second-order valence-electron chi connectivity index (χ2n) is 7.43. The highest BCUT2D eigenvalue weighted by molar-refractivity contribution is 5.89. The Morgan fingerprint density at radius 1 is 0.966 bits per heavy atom. The van der Waals surface area contributed by atoms with Gasteiger partial charge in [-0.05, 0) is 28.0 Å². The van der Waals surface area contributed by atoms with E-state index in [2.05, 4.69) is 45.9 Å². The first-order valence-corrected chi connectivity index (χ1v) is 9.99. The molecule has 0 aromatic heterocycles. The number of nitrogens with zero attached hydrogens (tertiary/aromatic N) is 1. The molecular weight excluding hydrogens is 362 g/mol. The maximum absolute atomic E-state index is 12.5. The van der Waals surface area contributed by atoms with Gasteiger partial charge < -0.3 is 10.6 Å². The van der Waals surface area contributed by atoms with Crippen molar-refractivity contribution in [2.24, 2.45) is 0 Å². The minimum atomic E-state index is -0.453. The van der Waals surface area contributed by atoms with Gasteiger partial charge >= 0.3 is 0 Å². The number of carbonyl (C=O) groups excluding carboxylic acids is 2. The third kappa shape index (κ3) is 4.81. The first-order valence-electron chi connectivity index (χ1n) is 9.99. The van der Waals surface area contributed by atoms with Gasteiger partial charge in [-0.15, -0.1) is 0 Å². The van der Waals surface area contributed by atoms with Crippen molar-refractivity contribution in [3.63, 3.8) is 0 Å². The maximum atomic E-state index is 12.5. The summed E-state index contributed by atoms with van der Waals surface area (Å²) in [7, 11) is 0. The van der Waals surface area contributed by atoms with Crippen LogP contribution in [-0.4, -0.2) is 35.8 Å². The molecule has 1 saturated heterocycles. The predicted molar refractivity (Wildman–Crippen MR) is 114 cm³/mol. The zero-order valence-corrected chi connectivity index (χ0v) is 16.3. The summed E-state index contributed by atoms with van der Waals surface area (Å²) in [6, 6.07) is 23.9. The minimum Gasteiger partial charge on any atom is -0.353 e. The molecule has 1 heterocycles. The Labute approximate surface area is 170 Å². The normalized spacial score (nSPS) is 17.1. The van der Waals surface area contributed by atoms with Gasteiger partial charge in [0.05, 0.1) is 12.5 Å². The first kappa shape index (κ1) is 19.2. The summed E-state index contributed by atoms with van der Waals surface area (Å²) >= 11 is 0. The molecule has 2 N–H and O–H groups in total. The van der Waals surface area contributed by atoms with Crippen LogP contribution in [0.25, 0.3) is 10.8 Å². The molecule has 0 bridgehead atoms. The smallest absolute Gasteiger partial charge is 0.237 e. The lowest BCUT2D eigenvalue weighted by molar-refractivity contribution is -0.134. The van der Waals surface area contributed by atoms with E-state index in [0.29, 0.717) is 19.6 Å². The van der Waals surface area contributed by atoms with E-state index < -0.39 is 6.04 Å². The van der Waals surface area contributed by atoms with E-state index in [1.54, 1.807) is 0 Å². The van der Waals surface area contributed by atoms with Crippen LogP contribution in [0.2, 0.25) is 0 Å². The van der Waals surface area contributed by atoms with Crippen molar-refractivity contribution in [2.45, 2.75) is 25.6 Å². The number of rotatable bonds is 6. The van der Waals surface area contributed by atoms with Crippen LogP contribution in [-0.2, 0) is 22.7 Å². The van der Waals surface area contributed by atoms with Gasteiger partial charge in [0.2, 0.25) is 11.8 Å². The highest BCUT2D eigenvalue weighted by Gasteiger charge is 2.31. The monoisotopic (exact) mass is 387 g/mol. The molecule has 3 aromatic rings. The molecule has 0 aliphatic carbocycles. The van der Waals surface area contributed by atoms with Crippen LogP contribution in [0.1, 0.15) is 17.5 Å². The van der Waals surface area contributed by atoms with E-state index in [-0.39, 0.29) is 18.2 Å². The second kappa shape index (κ2) is 8.88. The van der Waals surface area contributed by atoms with E-state index in [4.69, 9.17) is 0 Å². The predicted octanol–water partition coefficient (Wildman–Crippen LogP) is 2.85. The molecule has 5 nitrogen and oxygen atoms in total. The lowest BCUT2D eigenvalue weighted by atomic mass is 10.0. The summed E-state index contributed by atoms with van der Waals surface area (Å²) in [5.41, 5.74) is 2.19. The molecule has 2 amide bonds. The molecule has 1 fully saturated rings. The van der Waals surface area contributed by atoms with E-state index in [9.17, 15) is 9.59 Å². The average molecular weight is 387 g/mol. The van der Waals surface area contributed by atoms with Crippen LogP contribution < -0.4 is 10.6 Å². The highest BCUT2D eigenvalue weighted by atomic mass is 16.2. The number of hydrogen-bond acceptors (Lipinski definition) is 3. The number of fused-ring (bicyclic) bond motifs is 1. The summed E-state index contributed by atoms with van der Waals surface area (Å²) in [6.45, 7) is 2.46. The van der Waals surface area contributed by atoms with Crippen molar-refractivity contribution in [1.29, 1.82) is 0 Å². The van der Waals surface area contributed by atoms with Crippen LogP contribution in [0, 0.1) is 0 Å². The molecule has 1 atom stereocenters. The topological polar surface area (TPSA) is 61.4 Å². The summed E-state index contributed by atoms with van der Waals surface area (Å²) in [5.74, 6) is -0.189. The van der Waals surface area contributed by atoms with Crippen molar-refractivity contribution < 1.29 is 9.59 Å². The van der Waals surface area contributed by atoms with Crippen LogP contribution >= 0.6 is 0 Å². The van der Waals surface area contributed by atoms with Gasteiger partial charge in [0, 0.05) is 26.2 Å². The molecule has 3 aromatic carbocycles. The highest BCUT2D eigenvalue weighted by Crippen LogP contribution is 2.19.